The van der Waals surface area contributed by atoms with Gasteiger partial charge >= 0.3 is 18.0 Å². The SMILES string of the molecule is CCOC(=O)C1=C(COC(=O)c2ccccc2[S@@](=O)CC)NC(=O)N[C@@H]1c1ccc(Cl)cc1. The summed E-state index contributed by atoms with van der Waals surface area (Å²) in [6, 6.07) is 11.7. The van der Waals surface area contributed by atoms with Crippen LogP contribution in [0, 0.1) is 0 Å². The molecular formula is C23H23ClN2O6S. The van der Waals surface area contributed by atoms with Gasteiger partial charge < -0.3 is 20.1 Å². The number of rotatable bonds is 8. The van der Waals surface area contributed by atoms with E-state index in [1.54, 1.807) is 56.3 Å². The van der Waals surface area contributed by atoms with E-state index >= 15 is 0 Å². The monoisotopic (exact) mass is 490 g/mol. The fraction of sp³-hybridized carbons (Fsp3) is 0.261. The Bertz CT molecular complexity index is 1120. The predicted octanol–water partition coefficient (Wildman–Crippen LogP) is 3.50. The van der Waals surface area contributed by atoms with E-state index < -0.39 is 41.4 Å². The zero-order chi connectivity index (χ0) is 24.0. The van der Waals surface area contributed by atoms with Crippen LogP contribution in [0.15, 0.2) is 64.7 Å². The minimum Gasteiger partial charge on any atom is -0.463 e. The number of hydrogen-bond donors (Lipinski definition) is 2. The van der Waals surface area contributed by atoms with Crippen LogP contribution in [0.25, 0.3) is 0 Å². The quantitative estimate of drug-likeness (QED) is 0.548. The molecule has 2 aromatic rings. The van der Waals surface area contributed by atoms with Crippen molar-refractivity contribution < 1.29 is 28.1 Å². The molecule has 0 radical (unpaired) electrons. The molecule has 174 valence electrons. The van der Waals surface area contributed by atoms with Crippen LogP contribution in [0.1, 0.15) is 35.8 Å². The molecule has 3 rings (SSSR count). The van der Waals surface area contributed by atoms with Crippen molar-refractivity contribution in [3.8, 4) is 0 Å². The number of amides is 2. The normalized spacial score (nSPS) is 16.5. The molecule has 1 aliphatic heterocycles. The molecule has 0 fully saturated rings. The van der Waals surface area contributed by atoms with E-state index in [4.69, 9.17) is 21.1 Å². The number of ether oxygens (including phenoxy) is 2. The summed E-state index contributed by atoms with van der Waals surface area (Å²) in [5.74, 6) is -1.05. The number of halogens is 1. The van der Waals surface area contributed by atoms with Crippen molar-refractivity contribution in [3.63, 3.8) is 0 Å². The first kappa shape index (κ1) is 24.5. The standard InChI is InChI=1S/C23H23ClN2O6S/c1-3-31-22(28)19-17(25-23(29)26-20(19)14-9-11-15(24)12-10-14)13-32-21(27)16-7-5-6-8-18(16)33(30)4-2/h5-12,20H,3-4,13H2,1-2H3,(H2,25,26,29)/t20-,33+/m1/s1. The Morgan fingerprint density at radius 2 is 1.73 bits per heavy atom. The van der Waals surface area contributed by atoms with Gasteiger partial charge in [0.25, 0.3) is 0 Å². The zero-order valence-electron chi connectivity index (χ0n) is 18.1. The van der Waals surface area contributed by atoms with Crippen molar-refractivity contribution in [2.24, 2.45) is 0 Å². The summed E-state index contributed by atoms with van der Waals surface area (Å²) in [5.41, 5.74) is 0.965. The molecule has 2 atom stereocenters. The highest BCUT2D eigenvalue weighted by Crippen LogP contribution is 2.29. The zero-order valence-corrected chi connectivity index (χ0v) is 19.6. The fourth-order valence-corrected chi connectivity index (χ4v) is 4.36. The first-order chi connectivity index (χ1) is 15.8. The van der Waals surface area contributed by atoms with Gasteiger partial charge in [-0.2, -0.15) is 0 Å². The van der Waals surface area contributed by atoms with Gasteiger partial charge in [0.2, 0.25) is 0 Å². The lowest BCUT2D eigenvalue weighted by Crippen LogP contribution is -2.47. The summed E-state index contributed by atoms with van der Waals surface area (Å²) in [6.45, 7) is 3.13. The number of carbonyl (C=O) groups excluding carboxylic acids is 3. The van der Waals surface area contributed by atoms with Gasteiger partial charge in [0.15, 0.2) is 0 Å². The van der Waals surface area contributed by atoms with E-state index in [1.165, 1.54) is 6.07 Å². The van der Waals surface area contributed by atoms with Gasteiger partial charge in [-0.25, -0.2) is 14.4 Å². The molecule has 0 aromatic heterocycles. The van der Waals surface area contributed by atoms with E-state index in [0.29, 0.717) is 21.2 Å². The lowest BCUT2D eigenvalue weighted by Gasteiger charge is -2.29. The summed E-state index contributed by atoms with van der Waals surface area (Å²) in [4.78, 5) is 38.2. The summed E-state index contributed by atoms with van der Waals surface area (Å²) >= 11 is 5.96. The largest absolute Gasteiger partial charge is 0.463 e. The maximum atomic E-state index is 12.8. The number of benzene rings is 2. The second-order valence-corrected chi connectivity index (χ2v) is 9.05. The van der Waals surface area contributed by atoms with Crippen LogP contribution >= 0.6 is 11.6 Å². The molecule has 0 bridgehead atoms. The first-order valence-electron chi connectivity index (χ1n) is 10.2. The molecule has 0 spiro atoms. The Labute approximate surface area is 198 Å². The third kappa shape index (κ3) is 5.80. The molecule has 1 heterocycles. The molecule has 1 aliphatic rings. The van der Waals surface area contributed by atoms with Crippen LogP contribution in [0.4, 0.5) is 4.79 Å². The van der Waals surface area contributed by atoms with Gasteiger partial charge in [0.05, 0.1) is 45.2 Å². The number of urea groups is 1. The molecule has 0 saturated heterocycles. The van der Waals surface area contributed by atoms with E-state index in [-0.39, 0.29) is 23.4 Å². The third-order valence-electron chi connectivity index (χ3n) is 4.81. The van der Waals surface area contributed by atoms with E-state index in [0.717, 1.165) is 0 Å². The molecule has 8 nitrogen and oxygen atoms in total. The Morgan fingerprint density at radius 3 is 2.39 bits per heavy atom. The second-order valence-electron chi connectivity index (χ2n) is 6.90. The first-order valence-corrected chi connectivity index (χ1v) is 11.9. The molecule has 0 saturated carbocycles. The molecular weight excluding hydrogens is 468 g/mol. The molecule has 2 amide bonds. The maximum absolute atomic E-state index is 12.8. The van der Waals surface area contributed by atoms with Crippen LogP contribution in [0.2, 0.25) is 5.02 Å². The highest BCUT2D eigenvalue weighted by atomic mass is 35.5. The average Bonchev–Trinajstić information content (AvgIpc) is 2.82. The van der Waals surface area contributed by atoms with Crippen molar-refractivity contribution in [1.29, 1.82) is 0 Å². The van der Waals surface area contributed by atoms with Crippen molar-refractivity contribution in [2.75, 3.05) is 19.0 Å². The number of esters is 2. The predicted molar refractivity (Wildman–Crippen MR) is 123 cm³/mol. The molecule has 10 heteroatoms. The highest BCUT2D eigenvalue weighted by Gasteiger charge is 2.34. The lowest BCUT2D eigenvalue weighted by atomic mass is 9.95. The number of nitrogens with one attached hydrogen (secondary N) is 2. The fourth-order valence-electron chi connectivity index (χ4n) is 3.29. The van der Waals surface area contributed by atoms with Gasteiger partial charge in [-0.15, -0.1) is 0 Å². The second kappa shape index (κ2) is 11.1. The minimum absolute atomic E-state index is 0.0968. The summed E-state index contributed by atoms with van der Waals surface area (Å²) in [5, 5.41) is 5.73. The van der Waals surface area contributed by atoms with Gasteiger partial charge in [-0.05, 0) is 36.8 Å². The van der Waals surface area contributed by atoms with Crippen molar-refractivity contribution in [1.82, 2.24) is 10.6 Å². The van der Waals surface area contributed by atoms with Gasteiger partial charge in [-0.3, -0.25) is 4.21 Å². The van der Waals surface area contributed by atoms with Crippen molar-refractivity contribution in [2.45, 2.75) is 24.8 Å². The Balaban J connectivity index is 1.94. The smallest absolute Gasteiger partial charge is 0.339 e. The Morgan fingerprint density at radius 1 is 1.03 bits per heavy atom. The Kier molecular flexibility index (Phi) is 8.24. The number of carbonyl (C=O) groups is 3. The van der Waals surface area contributed by atoms with Crippen LogP contribution in [0.5, 0.6) is 0 Å². The van der Waals surface area contributed by atoms with Crippen LogP contribution in [0.3, 0.4) is 0 Å². The molecule has 33 heavy (non-hydrogen) atoms. The molecule has 2 aromatic carbocycles. The van der Waals surface area contributed by atoms with Crippen LogP contribution < -0.4 is 10.6 Å². The topological polar surface area (TPSA) is 111 Å². The molecule has 0 unspecified atom stereocenters. The Hall–Kier alpha value is -3.17. The van der Waals surface area contributed by atoms with Crippen LogP contribution in [-0.4, -0.2) is 41.1 Å². The van der Waals surface area contributed by atoms with Crippen molar-refractivity contribution in [3.05, 3.63) is 76.0 Å². The lowest BCUT2D eigenvalue weighted by molar-refractivity contribution is -0.139. The van der Waals surface area contributed by atoms with Gasteiger partial charge in [0.1, 0.15) is 6.61 Å². The maximum Gasteiger partial charge on any atom is 0.339 e. The molecule has 0 aliphatic carbocycles. The number of hydrogen-bond acceptors (Lipinski definition) is 6. The van der Waals surface area contributed by atoms with E-state index in [1.807, 2.05) is 0 Å². The summed E-state index contributed by atoms with van der Waals surface area (Å²) in [6.07, 6.45) is 0. The summed E-state index contributed by atoms with van der Waals surface area (Å²) in [7, 11) is -1.36. The van der Waals surface area contributed by atoms with E-state index in [9.17, 15) is 18.6 Å². The van der Waals surface area contributed by atoms with Crippen LogP contribution in [-0.2, 0) is 25.1 Å². The molecule has 2 N–H and O–H groups in total. The van der Waals surface area contributed by atoms with Gasteiger partial charge in [0, 0.05) is 10.8 Å². The minimum atomic E-state index is -1.36. The van der Waals surface area contributed by atoms with Crippen molar-refractivity contribution >= 4 is 40.4 Å². The highest BCUT2D eigenvalue weighted by molar-refractivity contribution is 7.85. The average molecular weight is 491 g/mol. The third-order valence-corrected chi connectivity index (χ3v) is 6.44. The summed E-state index contributed by atoms with van der Waals surface area (Å²) < 4.78 is 22.9. The van der Waals surface area contributed by atoms with E-state index in [2.05, 4.69) is 10.6 Å². The van der Waals surface area contributed by atoms with Gasteiger partial charge in [-0.1, -0.05) is 42.8 Å².